The summed E-state index contributed by atoms with van der Waals surface area (Å²) in [4.78, 5) is 30.8. The summed E-state index contributed by atoms with van der Waals surface area (Å²) in [6.45, 7) is 5.36. The fourth-order valence-corrected chi connectivity index (χ4v) is 4.10. The van der Waals surface area contributed by atoms with Crippen molar-refractivity contribution in [3.8, 4) is 11.1 Å². The van der Waals surface area contributed by atoms with Crippen molar-refractivity contribution in [3.63, 3.8) is 0 Å². The fourth-order valence-electron chi connectivity index (χ4n) is 4.10. The summed E-state index contributed by atoms with van der Waals surface area (Å²) in [5.74, 6) is -0.556. The number of hydrogen-bond acceptors (Lipinski definition) is 5. The second-order valence-corrected chi connectivity index (χ2v) is 9.07. The summed E-state index contributed by atoms with van der Waals surface area (Å²) in [7, 11) is 1.32. The van der Waals surface area contributed by atoms with E-state index >= 15 is 0 Å². The van der Waals surface area contributed by atoms with Gasteiger partial charge in [-0.2, -0.15) is 0 Å². The van der Waals surface area contributed by atoms with E-state index in [-0.39, 0.29) is 0 Å². The van der Waals surface area contributed by atoms with Crippen LogP contribution in [0.5, 0.6) is 0 Å². The molecule has 0 fully saturated rings. The summed E-state index contributed by atoms with van der Waals surface area (Å²) in [6, 6.07) is 23.3. The van der Waals surface area contributed by atoms with Gasteiger partial charge in [-0.15, -0.1) is 0 Å². The fraction of sp³-hybridized carbons (Fsp3) is 0.250. The highest BCUT2D eigenvalue weighted by atomic mass is 16.6. The summed E-state index contributed by atoms with van der Waals surface area (Å²) >= 11 is 0. The van der Waals surface area contributed by atoms with Crippen molar-refractivity contribution in [2.24, 2.45) is 4.99 Å². The molecular formula is C28H28N2O4. The van der Waals surface area contributed by atoms with Crippen LogP contribution in [0.3, 0.4) is 0 Å². The van der Waals surface area contributed by atoms with Crippen LogP contribution in [-0.2, 0) is 14.3 Å². The van der Waals surface area contributed by atoms with Crippen LogP contribution in [0.4, 0.5) is 4.79 Å². The normalized spacial score (nSPS) is 13.8. The number of fused-ring (bicyclic) bond motifs is 3. The minimum absolute atomic E-state index is 0.556. The minimum Gasteiger partial charge on any atom is -0.467 e. The van der Waals surface area contributed by atoms with E-state index in [9.17, 15) is 9.59 Å². The second kappa shape index (κ2) is 9.51. The zero-order valence-electron chi connectivity index (χ0n) is 19.7. The number of aliphatic imine (C=N–C) groups is 1. The van der Waals surface area contributed by atoms with Crippen molar-refractivity contribution in [1.29, 1.82) is 0 Å². The van der Waals surface area contributed by atoms with Gasteiger partial charge in [0.05, 0.1) is 18.9 Å². The number of ether oxygens (including phenoxy) is 2. The molecular weight excluding hydrogens is 428 g/mol. The van der Waals surface area contributed by atoms with Gasteiger partial charge in [0.25, 0.3) is 0 Å². The Labute approximate surface area is 199 Å². The van der Waals surface area contributed by atoms with E-state index in [1.165, 1.54) is 7.11 Å². The molecule has 0 heterocycles. The molecule has 0 aliphatic heterocycles. The number of nitrogens with one attached hydrogen (secondary N) is 1. The first-order chi connectivity index (χ1) is 16.3. The summed E-state index contributed by atoms with van der Waals surface area (Å²) in [5, 5.41) is 2.86. The Morgan fingerprint density at radius 2 is 1.29 bits per heavy atom. The zero-order valence-corrected chi connectivity index (χ0v) is 19.7. The Hall–Kier alpha value is -3.93. The van der Waals surface area contributed by atoms with Crippen molar-refractivity contribution in [2.75, 3.05) is 7.11 Å². The molecule has 34 heavy (non-hydrogen) atoms. The van der Waals surface area contributed by atoms with Gasteiger partial charge in [0, 0.05) is 11.1 Å². The largest absolute Gasteiger partial charge is 0.467 e. The highest BCUT2D eigenvalue weighted by Gasteiger charge is 2.35. The molecule has 0 saturated heterocycles. The molecule has 174 valence electrons. The van der Waals surface area contributed by atoms with Crippen LogP contribution in [0.15, 0.2) is 83.9 Å². The number of carbonyl (C=O) groups is 2. The molecule has 1 N–H and O–H groups in total. The molecule has 6 heteroatoms. The molecule has 1 aliphatic rings. The average Bonchev–Trinajstić information content (AvgIpc) is 3.14. The molecule has 0 radical (unpaired) electrons. The molecule has 1 amide bonds. The van der Waals surface area contributed by atoms with Crippen molar-refractivity contribution < 1.29 is 19.1 Å². The first-order valence-electron chi connectivity index (χ1n) is 11.2. The van der Waals surface area contributed by atoms with E-state index in [2.05, 4.69) is 5.32 Å². The van der Waals surface area contributed by atoms with Crippen LogP contribution in [0.1, 0.15) is 43.5 Å². The number of hydrogen-bond donors (Lipinski definition) is 1. The lowest BCUT2D eigenvalue weighted by Crippen LogP contribution is -2.42. The third-order valence-corrected chi connectivity index (χ3v) is 5.51. The van der Waals surface area contributed by atoms with Gasteiger partial charge in [-0.05, 0) is 37.5 Å². The molecule has 0 saturated carbocycles. The van der Waals surface area contributed by atoms with E-state index in [0.717, 1.165) is 22.3 Å². The number of nitrogens with zero attached hydrogens (tertiary/aromatic N) is 1. The highest BCUT2D eigenvalue weighted by molar-refractivity contribution is 6.24. The van der Waals surface area contributed by atoms with Crippen molar-refractivity contribution in [1.82, 2.24) is 5.32 Å². The standard InChI is InChI=1S/C28H28N2O4/c1-28(2,3)34-27(32)30-23(18-12-6-5-7-13-18)25(26(31)33-4)29-24-21-16-10-8-14-19(21)20-15-9-11-17-22(20)24/h5-17,23,25H,1-4H3,(H,30,32). The predicted molar refractivity (Wildman–Crippen MR) is 132 cm³/mol. The van der Waals surface area contributed by atoms with Gasteiger partial charge >= 0.3 is 12.1 Å². The lowest BCUT2D eigenvalue weighted by Gasteiger charge is -2.27. The molecule has 0 aromatic heterocycles. The van der Waals surface area contributed by atoms with Crippen molar-refractivity contribution in [2.45, 2.75) is 38.5 Å². The van der Waals surface area contributed by atoms with Crippen LogP contribution in [0.2, 0.25) is 0 Å². The Kier molecular flexibility index (Phi) is 6.50. The van der Waals surface area contributed by atoms with Crippen molar-refractivity contribution >= 4 is 17.8 Å². The zero-order chi connectivity index (χ0) is 24.3. The smallest absolute Gasteiger partial charge is 0.408 e. The van der Waals surface area contributed by atoms with Crippen LogP contribution >= 0.6 is 0 Å². The average molecular weight is 457 g/mol. The molecule has 0 spiro atoms. The van der Waals surface area contributed by atoms with E-state index in [0.29, 0.717) is 11.3 Å². The maximum atomic E-state index is 13.1. The van der Waals surface area contributed by atoms with Crippen LogP contribution < -0.4 is 5.32 Å². The minimum atomic E-state index is -1.03. The number of esters is 1. The first kappa shape index (κ1) is 23.2. The van der Waals surface area contributed by atoms with E-state index in [1.807, 2.05) is 78.9 Å². The molecule has 1 aliphatic carbocycles. The Bertz CT molecular complexity index is 1180. The van der Waals surface area contributed by atoms with Gasteiger partial charge in [-0.1, -0.05) is 78.9 Å². The third kappa shape index (κ3) is 4.86. The van der Waals surface area contributed by atoms with Gasteiger partial charge < -0.3 is 14.8 Å². The molecule has 4 rings (SSSR count). The Morgan fingerprint density at radius 1 is 0.794 bits per heavy atom. The number of amides is 1. The topological polar surface area (TPSA) is 77.0 Å². The number of methoxy groups -OCH3 is 1. The molecule has 2 atom stereocenters. The number of carbonyl (C=O) groups excluding carboxylic acids is 2. The summed E-state index contributed by atoms with van der Waals surface area (Å²) < 4.78 is 10.6. The van der Waals surface area contributed by atoms with E-state index < -0.39 is 29.7 Å². The van der Waals surface area contributed by atoms with Gasteiger partial charge in [-0.25, -0.2) is 9.59 Å². The molecule has 2 unspecified atom stereocenters. The van der Waals surface area contributed by atoms with E-state index in [4.69, 9.17) is 14.5 Å². The van der Waals surface area contributed by atoms with Gasteiger partial charge in [0.2, 0.25) is 0 Å². The third-order valence-electron chi connectivity index (χ3n) is 5.51. The van der Waals surface area contributed by atoms with Crippen LogP contribution in [-0.4, -0.2) is 36.5 Å². The Morgan fingerprint density at radius 3 is 1.79 bits per heavy atom. The van der Waals surface area contributed by atoms with Crippen LogP contribution in [0, 0.1) is 0 Å². The quantitative estimate of drug-likeness (QED) is 0.413. The van der Waals surface area contributed by atoms with Gasteiger partial charge in [0.15, 0.2) is 6.04 Å². The molecule has 0 bridgehead atoms. The molecule has 3 aromatic carbocycles. The highest BCUT2D eigenvalue weighted by Crippen LogP contribution is 2.37. The molecule has 6 nitrogen and oxygen atoms in total. The lowest BCUT2D eigenvalue weighted by atomic mass is 9.98. The predicted octanol–water partition coefficient (Wildman–Crippen LogP) is 5.31. The maximum Gasteiger partial charge on any atom is 0.408 e. The van der Waals surface area contributed by atoms with E-state index in [1.54, 1.807) is 20.8 Å². The number of rotatable bonds is 5. The SMILES string of the molecule is COC(=O)C(N=C1c2ccccc2-c2ccccc21)C(NC(=O)OC(C)(C)C)c1ccccc1. The number of alkyl carbamates (subject to hydrolysis) is 1. The summed E-state index contributed by atoms with van der Waals surface area (Å²) in [5.41, 5.74) is 4.68. The number of benzene rings is 3. The monoisotopic (exact) mass is 456 g/mol. The lowest BCUT2D eigenvalue weighted by molar-refractivity contribution is -0.142. The summed E-state index contributed by atoms with van der Waals surface area (Å²) in [6.07, 6.45) is -0.636. The maximum absolute atomic E-state index is 13.1. The van der Waals surface area contributed by atoms with Crippen molar-refractivity contribution in [3.05, 3.63) is 95.6 Å². The van der Waals surface area contributed by atoms with Gasteiger partial charge in [0.1, 0.15) is 5.60 Å². The molecule has 3 aromatic rings. The first-order valence-corrected chi connectivity index (χ1v) is 11.2. The second-order valence-electron chi connectivity index (χ2n) is 9.07. The Balaban J connectivity index is 1.83. The van der Waals surface area contributed by atoms with Crippen LogP contribution in [0.25, 0.3) is 11.1 Å². The van der Waals surface area contributed by atoms with Gasteiger partial charge in [-0.3, -0.25) is 4.99 Å².